The van der Waals surface area contributed by atoms with Crippen LogP contribution in [0.2, 0.25) is 0 Å². The number of ether oxygens (including phenoxy) is 2. The standard InChI is InChI=1S/C17H18BrFN2O2S/c1-22-15-6-3-11(9-16(15)23-2)7-8-20-17(24)21-14-5-4-12(18)10-13(14)19/h3-6,9-10H,7-8H2,1-2H3,(H2,20,21,24). The van der Waals surface area contributed by atoms with E-state index in [9.17, 15) is 4.39 Å². The van der Waals surface area contributed by atoms with Crippen molar-refractivity contribution >= 4 is 38.9 Å². The maximum Gasteiger partial charge on any atom is 0.170 e. The van der Waals surface area contributed by atoms with Crippen molar-refractivity contribution in [1.82, 2.24) is 5.32 Å². The molecule has 2 rings (SSSR count). The Bertz CT molecular complexity index is 728. The number of rotatable bonds is 6. The summed E-state index contributed by atoms with van der Waals surface area (Å²) >= 11 is 8.40. The number of benzene rings is 2. The largest absolute Gasteiger partial charge is 0.493 e. The Kier molecular flexibility index (Phi) is 6.81. The summed E-state index contributed by atoms with van der Waals surface area (Å²) in [4.78, 5) is 0. The highest BCUT2D eigenvalue weighted by Crippen LogP contribution is 2.27. The topological polar surface area (TPSA) is 42.5 Å². The van der Waals surface area contributed by atoms with Crippen LogP contribution >= 0.6 is 28.1 Å². The third kappa shape index (κ3) is 5.07. The normalized spacial score (nSPS) is 10.2. The van der Waals surface area contributed by atoms with Crippen LogP contribution in [-0.4, -0.2) is 25.9 Å². The SMILES string of the molecule is COc1ccc(CCNC(=S)Nc2ccc(Br)cc2F)cc1OC. The second kappa shape index (κ2) is 8.84. The summed E-state index contributed by atoms with van der Waals surface area (Å²) in [6, 6.07) is 10.5. The van der Waals surface area contributed by atoms with Gasteiger partial charge in [-0.05, 0) is 54.5 Å². The van der Waals surface area contributed by atoms with Crippen LogP contribution < -0.4 is 20.1 Å². The molecule has 0 radical (unpaired) electrons. The average molecular weight is 413 g/mol. The van der Waals surface area contributed by atoms with Crippen LogP contribution in [0.15, 0.2) is 40.9 Å². The third-order valence-electron chi connectivity index (χ3n) is 3.33. The quantitative estimate of drug-likeness (QED) is 0.698. The molecule has 0 atom stereocenters. The van der Waals surface area contributed by atoms with E-state index in [1.165, 1.54) is 6.07 Å². The summed E-state index contributed by atoms with van der Waals surface area (Å²) in [5.41, 5.74) is 1.42. The van der Waals surface area contributed by atoms with Crippen LogP contribution in [0.5, 0.6) is 11.5 Å². The molecule has 0 aliphatic carbocycles. The second-order valence-electron chi connectivity index (χ2n) is 4.94. The molecule has 0 bridgehead atoms. The van der Waals surface area contributed by atoms with E-state index in [2.05, 4.69) is 26.6 Å². The number of hydrogen-bond donors (Lipinski definition) is 2. The fraction of sp³-hybridized carbons (Fsp3) is 0.235. The van der Waals surface area contributed by atoms with Gasteiger partial charge in [-0.25, -0.2) is 4.39 Å². The molecule has 0 heterocycles. The zero-order valence-electron chi connectivity index (χ0n) is 13.4. The van der Waals surface area contributed by atoms with Gasteiger partial charge < -0.3 is 20.1 Å². The zero-order valence-corrected chi connectivity index (χ0v) is 15.8. The van der Waals surface area contributed by atoms with Crippen LogP contribution in [0.3, 0.4) is 0 Å². The van der Waals surface area contributed by atoms with Crippen molar-refractivity contribution in [2.45, 2.75) is 6.42 Å². The number of halogens is 2. The van der Waals surface area contributed by atoms with E-state index < -0.39 is 0 Å². The fourth-order valence-electron chi connectivity index (χ4n) is 2.11. The highest BCUT2D eigenvalue weighted by atomic mass is 79.9. The lowest BCUT2D eigenvalue weighted by atomic mass is 10.1. The maximum atomic E-state index is 13.7. The monoisotopic (exact) mass is 412 g/mol. The highest BCUT2D eigenvalue weighted by molar-refractivity contribution is 9.10. The first kappa shape index (κ1) is 18.5. The molecule has 0 saturated carbocycles. The van der Waals surface area contributed by atoms with Crippen LogP contribution in [0, 0.1) is 5.82 Å². The Labute approximate surface area is 154 Å². The van der Waals surface area contributed by atoms with Crippen molar-refractivity contribution in [2.24, 2.45) is 0 Å². The van der Waals surface area contributed by atoms with E-state index in [-0.39, 0.29) is 5.82 Å². The van der Waals surface area contributed by atoms with E-state index in [4.69, 9.17) is 21.7 Å². The zero-order chi connectivity index (χ0) is 17.5. The summed E-state index contributed by atoms with van der Waals surface area (Å²) in [5, 5.41) is 6.27. The summed E-state index contributed by atoms with van der Waals surface area (Å²) < 4.78 is 24.9. The highest BCUT2D eigenvalue weighted by Gasteiger charge is 2.06. The van der Waals surface area contributed by atoms with E-state index in [0.29, 0.717) is 33.3 Å². The van der Waals surface area contributed by atoms with Gasteiger partial charge in [0.2, 0.25) is 0 Å². The van der Waals surface area contributed by atoms with E-state index >= 15 is 0 Å². The minimum atomic E-state index is -0.367. The van der Waals surface area contributed by atoms with Gasteiger partial charge in [-0.1, -0.05) is 22.0 Å². The first-order valence-corrected chi connectivity index (χ1v) is 8.44. The molecule has 4 nitrogen and oxygen atoms in total. The van der Waals surface area contributed by atoms with Crippen molar-refractivity contribution < 1.29 is 13.9 Å². The molecule has 0 spiro atoms. The van der Waals surface area contributed by atoms with Crippen molar-refractivity contribution in [2.75, 3.05) is 26.1 Å². The molecule has 0 saturated heterocycles. The molecule has 0 aliphatic heterocycles. The summed E-state index contributed by atoms with van der Waals surface area (Å²) in [7, 11) is 3.20. The molecule has 128 valence electrons. The predicted octanol–water partition coefficient (Wildman–Crippen LogP) is 4.13. The third-order valence-corrected chi connectivity index (χ3v) is 4.07. The van der Waals surface area contributed by atoms with E-state index in [0.717, 1.165) is 12.0 Å². The molecule has 7 heteroatoms. The van der Waals surface area contributed by atoms with Gasteiger partial charge in [-0.2, -0.15) is 0 Å². The summed E-state index contributed by atoms with van der Waals surface area (Å²) in [5.74, 6) is 1.01. The molecule has 0 amide bonds. The molecular weight excluding hydrogens is 395 g/mol. The number of methoxy groups -OCH3 is 2. The number of hydrogen-bond acceptors (Lipinski definition) is 3. The van der Waals surface area contributed by atoms with Gasteiger partial charge in [-0.3, -0.25) is 0 Å². The first-order valence-electron chi connectivity index (χ1n) is 7.24. The molecule has 0 fully saturated rings. The van der Waals surface area contributed by atoms with Crippen LogP contribution in [0.1, 0.15) is 5.56 Å². The Balaban J connectivity index is 1.86. The molecule has 0 aliphatic rings. The number of thiocarbonyl (C=S) groups is 1. The van der Waals surface area contributed by atoms with E-state index in [1.54, 1.807) is 26.4 Å². The van der Waals surface area contributed by atoms with Gasteiger partial charge in [0, 0.05) is 11.0 Å². The van der Waals surface area contributed by atoms with Gasteiger partial charge in [0.15, 0.2) is 16.6 Å². The Morgan fingerprint density at radius 2 is 1.88 bits per heavy atom. The molecule has 0 unspecified atom stereocenters. The molecule has 24 heavy (non-hydrogen) atoms. The lowest BCUT2D eigenvalue weighted by Gasteiger charge is -2.12. The lowest BCUT2D eigenvalue weighted by molar-refractivity contribution is 0.354. The van der Waals surface area contributed by atoms with E-state index in [1.807, 2.05) is 18.2 Å². The fourth-order valence-corrected chi connectivity index (χ4v) is 2.66. The van der Waals surface area contributed by atoms with Crippen molar-refractivity contribution in [1.29, 1.82) is 0 Å². The van der Waals surface area contributed by atoms with Gasteiger partial charge in [0.05, 0.1) is 19.9 Å². The maximum absolute atomic E-state index is 13.7. The number of nitrogens with one attached hydrogen (secondary N) is 2. The minimum Gasteiger partial charge on any atom is -0.493 e. The second-order valence-corrected chi connectivity index (χ2v) is 6.27. The number of anilines is 1. The predicted molar refractivity (Wildman–Crippen MR) is 102 cm³/mol. The van der Waals surface area contributed by atoms with Gasteiger partial charge in [0.25, 0.3) is 0 Å². The molecular formula is C17H18BrFN2O2S. The average Bonchev–Trinajstić information content (AvgIpc) is 2.57. The van der Waals surface area contributed by atoms with Crippen molar-refractivity contribution in [3.05, 3.63) is 52.3 Å². The van der Waals surface area contributed by atoms with Crippen LogP contribution in [-0.2, 0) is 6.42 Å². The van der Waals surface area contributed by atoms with Gasteiger partial charge in [-0.15, -0.1) is 0 Å². The Morgan fingerprint density at radius 1 is 1.12 bits per heavy atom. The van der Waals surface area contributed by atoms with Crippen molar-refractivity contribution in [3.63, 3.8) is 0 Å². The van der Waals surface area contributed by atoms with Crippen LogP contribution in [0.25, 0.3) is 0 Å². The van der Waals surface area contributed by atoms with Gasteiger partial charge >= 0.3 is 0 Å². The lowest BCUT2D eigenvalue weighted by Crippen LogP contribution is -2.30. The molecule has 2 N–H and O–H groups in total. The summed E-state index contributed by atoms with van der Waals surface area (Å²) in [6.07, 6.45) is 0.741. The van der Waals surface area contributed by atoms with Gasteiger partial charge in [0.1, 0.15) is 5.82 Å². The first-order chi connectivity index (χ1) is 11.5. The molecule has 2 aromatic rings. The Morgan fingerprint density at radius 3 is 2.54 bits per heavy atom. The minimum absolute atomic E-state index is 0.335. The molecule has 2 aromatic carbocycles. The molecule has 0 aromatic heterocycles. The van der Waals surface area contributed by atoms with Crippen LogP contribution in [0.4, 0.5) is 10.1 Å². The Hall–Kier alpha value is -1.86. The van der Waals surface area contributed by atoms with Crippen molar-refractivity contribution in [3.8, 4) is 11.5 Å². The summed E-state index contributed by atoms with van der Waals surface area (Å²) in [6.45, 7) is 0.611. The smallest absolute Gasteiger partial charge is 0.170 e.